The maximum Gasteiger partial charge on any atom is 0.416 e. The highest BCUT2D eigenvalue weighted by molar-refractivity contribution is 7.99. The van der Waals surface area contributed by atoms with Gasteiger partial charge in [0.15, 0.2) is 0 Å². The molecule has 2 heterocycles. The molecular formula is C14H13F3N4S. The molecule has 1 saturated heterocycles. The minimum absolute atomic E-state index is 0.525. The van der Waals surface area contributed by atoms with Crippen LogP contribution in [0.1, 0.15) is 5.56 Å². The molecule has 0 bridgehead atoms. The molecule has 0 atom stereocenters. The van der Waals surface area contributed by atoms with Crippen molar-refractivity contribution in [1.29, 1.82) is 0 Å². The number of nitrogens with zero attached hydrogens (tertiary/aromatic N) is 4. The fraction of sp³-hybridized carbons (Fsp3) is 0.357. The normalized spacial score (nSPS) is 15.9. The van der Waals surface area contributed by atoms with E-state index in [1.165, 1.54) is 18.3 Å². The van der Waals surface area contributed by atoms with Crippen LogP contribution in [0.25, 0.3) is 11.3 Å². The van der Waals surface area contributed by atoms with Crippen molar-refractivity contribution in [3.63, 3.8) is 0 Å². The highest BCUT2D eigenvalue weighted by atomic mass is 32.2. The lowest BCUT2D eigenvalue weighted by atomic mass is 10.1. The van der Waals surface area contributed by atoms with Gasteiger partial charge in [0.25, 0.3) is 0 Å². The summed E-state index contributed by atoms with van der Waals surface area (Å²) in [6, 6.07) is 4.91. The fourth-order valence-corrected chi connectivity index (χ4v) is 3.06. The van der Waals surface area contributed by atoms with Crippen LogP contribution in [0, 0.1) is 0 Å². The Bertz CT molecular complexity index is 639. The van der Waals surface area contributed by atoms with Crippen molar-refractivity contribution < 1.29 is 13.2 Å². The summed E-state index contributed by atoms with van der Waals surface area (Å²) >= 11 is 1.87. The molecule has 8 heteroatoms. The van der Waals surface area contributed by atoms with Gasteiger partial charge in [0.2, 0.25) is 5.95 Å². The maximum atomic E-state index is 12.6. The third-order valence-electron chi connectivity index (χ3n) is 3.35. The first kappa shape index (κ1) is 15.1. The Hall–Kier alpha value is -1.83. The first-order valence-corrected chi connectivity index (χ1v) is 7.89. The van der Waals surface area contributed by atoms with E-state index in [4.69, 9.17) is 0 Å². The Morgan fingerprint density at radius 2 is 1.73 bits per heavy atom. The SMILES string of the molecule is FC(F)(F)c1ccc(-c2cnnc(N3CCSCC3)n2)cc1. The molecule has 3 rings (SSSR count). The molecule has 0 spiro atoms. The lowest BCUT2D eigenvalue weighted by molar-refractivity contribution is -0.137. The maximum absolute atomic E-state index is 12.6. The van der Waals surface area contributed by atoms with E-state index in [-0.39, 0.29) is 0 Å². The molecule has 116 valence electrons. The van der Waals surface area contributed by atoms with E-state index >= 15 is 0 Å². The quantitative estimate of drug-likeness (QED) is 0.848. The van der Waals surface area contributed by atoms with Crippen LogP contribution < -0.4 is 4.90 Å². The van der Waals surface area contributed by atoms with Gasteiger partial charge in [-0.3, -0.25) is 0 Å². The Kier molecular flexibility index (Phi) is 4.19. The Morgan fingerprint density at radius 1 is 1.05 bits per heavy atom. The summed E-state index contributed by atoms with van der Waals surface area (Å²) in [6.45, 7) is 1.70. The zero-order valence-corrected chi connectivity index (χ0v) is 12.4. The van der Waals surface area contributed by atoms with Gasteiger partial charge >= 0.3 is 6.18 Å². The minimum atomic E-state index is -4.33. The van der Waals surface area contributed by atoms with Crippen LogP contribution in [0.4, 0.5) is 19.1 Å². The van der Waals surface area contributed by atoms with Crippen molar-refractivity contribution in [1.82, 2.24) is 15.2 Å². The molecule has 22 heavy (non-hydrogen) atoms. The van der Waals surface area contributed by atoms with Crippen LogP contribution in [-0.4, -0.2) is 39.8 Å². The number of hydrogen-bond donors (Lipinski definition) is 0. The van der Waals surface area contributed by atoms with Crippen LogP contribution >= 0.6 is 11.8 Å². The zero-order valence-electron chi connectivity index (χ0n) is 11.5. The predicted molar refractivity (Wildman–Crippen MR) is 79.8 cm³/mol. The molecule has 1 aromatic heterocycles. The van der Waals surface area contributed by atoms with Crippen LogP contribution in [0.5, 0.6) is 0 Å². The molecule has 0 amide bonds. The first-order chi connectivity index (χ1) is 10.5. The molecule has 1 aromatic carbocycles. The topological polar surface area (TPSA) is 41.9 Å². The monoisotopic (exact) mass is 326 g/mol. The van der Waals surface area contributed by atoms with E-state index in [0.717, 1.165) is 36.7 Å². The van der Waals surface area contributed by atoms with Gasteiger partial charge in [0, 0.05) is 30.2 Å². The second-order valence-electron chi connectivity index (χ2n) is 4.82. The smallest absolute Gasteiger partial charge is 0.338 e. The summed E-state index contributed by atoms with van der Waals surface area (Å²) in [5.41, 5.74) is 0.444. The number of thioether (sulfide) groups is 1. The predicted octanol–water partition coefficient (Wildman–Crippen LogP) is 3.11. The number of hydrogen-bond acceptors (Lipinski definition) is 5. The Morgan fingerprint density at radius 3 is 2.36 bits per heavy atom. The van der Waals surface area contributed by atoms with Crippen molar-refractivity contribution >= 4 is 17.7 Å². The van der Waals surface area contributed by atoms with Crippen LogP contribution in [0.15, 0.2) is 30.5 Å². The number of aromatic nitrogens is 3. The summed E-state index contributed by atoms with van der Waals surface area (Å²) in [6.07, 6.45) is -2.87. The summed E-state index contributed by atoms with van der Waals surface area (Å²) in [4.78, 5) is 6.46. The number of benzene rings is 1. The molecule has 0 unspecified atom stereocenters. The van der Waals surface area contributed by atoms with Gasteiger partial charge in [0.05, 0.1) is 17.5 Å². The van der Waals surface area contributed by atoms with E-state index in [1.807, 2.05) is 16.7 Å². The summed E-state index contributed by atoms with van der Waals surface area (Å²) in [7, 11) is 0. The van der Waals surface area contributed by atoms with Crippen molar-refractivity contribution in [3.8, 4) is 11.3 Å². The van der Waals surface area contributed by atoms with Gasteiger partial charge in [-0.15, -0.1) is 5.10 Å². The molecule has 4 nitrogen and oxygen atoms in total. The van der Waals surface area contributed by atoms with Crippen molar-refractivity contribution in [2.75, 3.05) is 29.5 Å². The number of rotatable bonds is 2. The third-order valence-corrected chi connectivity index (χ3v) is 4.29. The molecule has 1 aliphatic rings. The molecule has 0 aliphatic carbocycles. The van der Waals surface area contributed by atoms with E-state index in [9.17, 15) is 13.2 Å². The van der Waals surface area contributed by atoms with Gasteiger partial charge < -0.3 is 4.90 Å². The van der Waals surface area contributed by atoms with Crippen molar-refractivity contribution in [2.24, 2.45) is 0 Å². The summed E-state index contributed by atoms with van der Waals surface area (Å²) < 4.78 is 37.7. The lowest BCUT2D eigenvalue weighted by Gasteiger charge is -2.25. The molecule has 0 N–H and O–H groups in total. The van der Waals surface area contributed by atoms with Crippen LogP contribution in [-0.2, 0) is 6.18 Å². The fourth-order valence-electron chi connectivity index (χ4n) is 2.16. The van der Waals surface area contributed by atoms with Crippen LogP contribution in [0.3, 0.4) is 0 Å². The van der Waals surface area contributed by atoms with Gasteiger partial charge in [-0.05, 0) is 12.1 Å². The highest BCUT2D eigenvalue weighted by Crippen LogP contribution is 2.30. The van der Waals surface area contributed by atoms with Crippen molar-refractivity contribution in [3.05, 3.63) is 36.0 Å². The molecule has 1 fully saturated rings. The third kappa shape index (κ3) is 3.32. The Balaban J connectivity index is 1.85. The van der Waals surface area contributed by atoms with E-state index in [1.54, 1.807) is 0 Å². The second kappa shape index (κ2) is 6.12. The summed E-state index contributed by atoms with van der Waals surface area (Å²) in [5, 5.41) is 7.95. The van der Waals surface area contributed by atoms with Crippen LogP contribution in [0.2, 0.25) is 0 Å². The van der Waals surface area contributed by atoms with Gasteiger partial charge in [-0.25, -0.2) is 4.98 Å². The minimum Gasteiger partial charge on any atom is -0.338 e. The average molecular weight is 326 g/mol. The van der Waals surface area contributed by atoms with E-state index in [0.29, 0.717) is 17.2 Å². The standard InChI is InChI=1S/C14H13F3N4S/c15-14(16,17)11-3-1-10(2-4-11)12-9-18-20-13(19-12)21-5-7-22-8-6-21/h1-4,9H,5-8H2. The Labute approximate surface area is 129 Å². The largest absolute Gasteiger partial charge is 0.416 e. The summed E-state index contributed by atoms with van der Waals surface area (Å²) in [5.74, 6) is 2.54. The zero-order chi connectivity index (χ0) is 15.6. The van der Waals surface area contributed by atoms with Gasteiger partial charge in [0.1, 0.15) is 0 Å². The first-order valence-electron chi connectivity index (χ1n) is 6.74. The lowest BCUT2D eigenvalue weighted by Crippen LogP contribution is -2.34. The second-order valence-corrected chi connectivity index (χ2v) is 6.04. The van der Waals surface area contributed by atoms with E-state index < -0.39 is 11.7 Å². The molecular weight excluding hydrogens is 313 g/mol. The number of halogens is 3. The highest BCUT2D eigenvalue weighted by Gasteiger charge is 2.30. The van der Waals surface area contributed by atoms with Crippen molar-refractivity contribution in [2.45, 2.75) is 6.18 Å². The number of anilines is 1. The molecule has 1 aliphatic heterocycles. The average Bonchev–Trinajstić information content (AvgIpc) is 2.55. The van der Waals surface area contributed by atoms with Gasteiger partial charge in [-0.2, -0.15) is 30.0 Å². The number of alkyl halides is 3. The molecule has 0 saturated carbocycles. The van der Waals surface area contributed by atoms with Gasteiger partial charge in [-0.1, -0.05) is 12.1 Å². The molecule has 0 radical (unpaired) electrons. The van der Waals surface area contributed by atoms with E-state index in [2.05, 4.69) is 15.2 Å². The molecule has 2 aromatic rings.